The van der Waals surface area contributed by atoms with Gasteiger partial charge in [-0.25, -0.2) is 0 Å². The number of hydrogen-bond acceptors (Lipinski definition) is 4. The molecule has 1 aliphatic carbocycles. The largest absolute Gasteiger partial charge is 0.369 e. The Hall–Kier alpha value is -1.61. The average Bonchev–Trinajstić information content (AvgIpc) is 2.55. The van der Waals surface area contributed by atoms with Gasteiger partial charge in [-0.1, -0.05) is 12.8 Å². The lowest BCUT2D eigenvalue weighted by molar-refractivity contribution is -0.135. The molecule has 1 aliphatic heterocycles. The number of piperidine rings is 1. The summed E-state index contributed by atoms with van der Waals surface area (Å²) in [5.41, 5.74) is 5.42. The average molecular weight is 306 g/mol. The van der Waals surface area contributed by atoms with E-state index in [4.69, 9.17) is 5.73 Å². The smallest absolute Gasteiger partial charge is 0.224 e. The normalized spacial score (nSPS) is 27.6. The summed E-state index contributed by atoms with van der Waals surface area (Å²) in [5, 5.41) is 15.4. The zero-order valence-electron chi connectivity index (χ0n) is 13.0. The van der Waals surface area contributed by atoms with Gasteiger partial charge < -0.3 is 16.4 Å². The van der Waals surface area contributed by atoms with Crippen molar-refractivity contribution in [2.75, 3.05) is 13.1 Å². The van der Waals surface area contributed by atoms with Gasteiger partial charge in [-0.15, -0.1) is 0 Å². The number of nitriles is 1. The minimum Gasteiger partial charge on any atom is -0.369 e. The van der Waals surface area contributed by atoms with Gasteiger partial charge in [-0.2, -0.15) is 5.26 Å². The molecule has 0 aromatic carbocycles. The number of nitrogens with zero attached hydrogens (tertiary/aromatic N) is 1. The molecule has 6 heteroatoms. The first-order valence-corrected chi connectivity index (χ1v) is 8.32. The number of nitrogens with two attached hydrogens (primary N) is 1. The van der Waals surface area contributed by atoms with Crippen molar-refractivity contribution in [3.8, 4) is 6.07 Å². The van der Waals surface area contributed by atoms with Crippen molar-refractivity contribution in [2.45, 2.75) is 51.0 Å². The van der Waals surface area contributed by atoms with Crippen molar-refractivity contribution in [3.63, 3.8) is 0 Å². The second-order valence-corrected chi connectivity index (χ2v) is 6.52. The second kappa shape index (κ2) is 8.14. The fourth-order valence-corrected chi connectivity index (χ4v) is 3.66. The van der Waals surface area contributed by atoms with Crippen LogP contribution in [0.5, 0.6) is 0 Å². The lowest BCUT2D eigenvalue weighted by atomic mass is 9.78. The summed E-state index contributed by atoms with van der Waals surface area (Å²) in [6, 6.07) is 1.73. The molecule has 1 unspecified atom stereocenters. The summed E-state index contributed by atoms with van der Waals surface area (Å²) >= 11 is 0. The van der Waals surface area contributed by atoms with Crippen molar-refractivity contribution in [1.82, 2.24) is 10.6 Å². The molecule has 0 bridgehead atoms. The van der Waals surface area contributed by atoms with Crippen LogP contribution in [0.1, 0.15) is 44.9 Å². The summed E-state index contributed by atoms with van der Waals surface area (Å²) in [5.74, 6) is -0.845. The monoisotopic (exact) mass is 306 g/mol. The van der Waals surface area contributed by atoms with E-state index in [1.54, 1.807) is 0 Å². The highest BCUT2D eigenvalue weighted by atomic mass is 16.2. The van der Waals surface area contributed by atoms with E-state index >= 15 is 0 Å². The van der Waals surface area contributed by atoms with Gasteiger partial charge in [0.05, 0.1) is 6.07 Å². The summed E-state index contributed by atoms with van der Waals surface area (Å²) in [4.78, 5) is 24.0. The molecule has 22 heavy (non-hydrogen) atoms. The van der Waals surface area contributed by atoms with Gasteiger partial charge in [0.15, 0.2) is 0 Å². The van der Waals surface area contributed by atoms with Gasteiger partial charge in [-0.05, 0) is 51.1 Å². The standard InChI is InChI=1S/C16H26N4O2/c17-10-12(9-11-5-7-19-8-6-11)20-16(22)14-4-2-1-3-13(14)15(18)21/h11-14,19H,1-9H2,(H2,18,21)(H,20,22)/t12?,13-,14+/m0/s1. The highest BCUT2D eigenvalue weighted by molar-refractivity contribution is 5.87. The lowest BCUT2D eigenvalue weighted by Crippen LogP contribution is -2.45. The van der Waals surface area contributed by atoms with Crippen LogP contribution in [-0.2, 0) is 9.59 Å². The third-order valence-corrected chi connectivity index (χ3v) is 4.97. The van der Waals surface area contributed by atoms with Gasteiger partial charge in [0.25, 0.3) is 0 Å². The van der Waals surface area contributed by atoms with Crippen LogP contribution in [0, 0.1) is 29.1 Å². The van der Waals surface area contributed by atoms with Gasteiger partial charge in [0.1, 0.15) is 6.04 Å². The van der Waals surface area contributed by atoms with Crippen LogP contribution in [0.3, 0.4) is 0 Å². The Bertz CT molecular complexity index is 440. The maximum absolute atomic E-state index is 12.4. The van der Waals surface area contributed by atoms with Crippen molar-refractivity contribution in [3.05, 3.63) is 0 Å². The lowest BCUT2D eigenvalue weighted by Gasteiger charge is -2.30. The molecule has 1 saturated heterocycles. The first-order chi connectivity index (χ1) is 10.6. The maximum Gasteiger partial charge on any atom is 0.224 e. The van der Waals surface area contributed by atoms with E-state index in [0.29, 0.717) is 25.2 Å². The van der Waals surface area contributed by atoms with E-state index in [1.165, 1.54) is 0 Å². The zero-order valence-corrected chi connectivity index (χ0v) is 13.0. The fourth-order valence-electron chi connectivity index (χ4n) is 3.66. The van der Waals surface area contributed by atoms with Gasteiger partial charge in [0.2, 0.25) is 11.8 Å². The number of rotatable bonds is 5. The molecule has 0 radical (unpaired) electrons. The Morgan fingerprint density at radius 1 is 1.18 bits per heavy atom. The molecular weight excluding hydrogens is 280 g/mol. The highest BCUT2D eigenvalue weighted by Gasteiger charge is 2.35. The van der Waals surface area contributed by atoms with Gasteiger partial charge >= 0.3 is 0 Å². The number of nitrogens with one attached hydrogen (secondary N) is 2. The fraction of sp³-hybridized carbons (Fsp3) is 0.812. The van der Waals surface area contributed by atoms with Crippen molar-refractivity contribution in [2.24, 2.45) is 23.5 Å². The van der Waals surface area contributed by atoms with Gasteiger partial charge in [-0.3, -0.25) is 9.59 Å². The Balaban J connectivity index is 1.90. The molecule has 122 valence electrons. The number of primary amides is 1. The van der Waals surface area contributed by atoms with E-state index < -0.39 is 11.9 Å². The Morgan fingerprint density at radius 2 is 1.82 bits per heavy atom. The molecule has 6 nitrogen and oxygen atoms in total. The second-order valence-electron chi connectivity index (χ2n) is 6.52. The third kappa shape index (κ3) is 4.44. The molecule has 0 aromatic rings. The summed E-state index contributed by atoms with van der Waals surface area (Å²) in [6.45, 7) is 1.95. The molecule has 4 N–H and O–H groups in total. The summed E-state index contributed by atoms with van der Waals surface area (Å²) < 4.78 is 0. The molecule has 1 heterocycles. The van der Waals surface area contributed by atoms with Crippen molar-refractivity contribution >= 4 is 11.8 Å². The zero-order chi connectivity index (χ0) is 15.9. The van der Waals surface area contributed by atoms with Crippen LogP contribution >= 0.6 is 0 Å². The maximum atomic E-state index is 12.4. The number of hydrogen-bond donors (Lipinski definition) is 3. The number of carbonyl (C=O) groups excluding carboxylic acids is 2. The van der Waals surface area contributed by atoms with E-state index in [0.717, 1.165) is 38.8 Å². The summed E-state index contributed by atoms with van der Waals surface area (Å²) in [7, 11) is 0. The Morgan fingerprint density at radius 3 is 2.41 bits per heavy atom. The van der Waals surface area contributed by atoms with E-state index in [2.05, 4.69) is 16.7 Å². The molecule has 2 aliphatic rings. The predicted molar refractivity (Wildman–Crippen MR) is 82.4 cm³/mol. The molecular formula is C16H26N4O2. The molecule has 3 atom stereocenters. The van der Waals surface area contributed by atoms with E-state index in [1.807, 2.05) is 0 Å². The third-order valence-electron chi connectivity index (χ3n) is 4.97. The van der Waals surface area contributed by atoms with Gasteiger partial charge in [0, 0.05) is 11.8 Å². The molecule has 1 saturated carbocycles. The van der Waals surface area contributed by atoms with Crippen molar-refractivity contribution < 1.29 is 9.59 Å². The highest BCUT2D eigenvalue weighted by Crippen LogP contribution is 2.30. The van der Waals surface area contributed by atoms with Crippen LogP contribution in [-0.4, -0.2) is 30.9 Å². The van der Waals surface area contributed by atoms with E-state index in [9.17, 15) is 14.9 Å². The van der Waals surface area contributed by atoms with E-state index in [-0.39, 0.29) is 17.7 Å². The van der Waals surface area contributed by atoms with Crippen LogP contribution in [0.15, 0.2) is 0 Å². The summed E-state index contributed by atoms with van der Waals surface area (Å²) in [6.07, 6.45) is 6.02. The topological polar surface area (TPSA) is 108 Å². The SMILES string of the molecule is N#CC(CC1CCNCC1)NC(=O)[C@@H]1CCCC[C@@H]1C(N)=O. The number of carbonyl (C=O) groups is 2. The molecule has 2 fully saturated rings. The predicted octanol–water partition coefficient (Wildman–Crippen LogP) is 0.676. The van der Waals surface area contributed by atoms with Crippen LogP contribution in [0.4, 0.5) is 0 Å². The molecule has 0 aromatic heterocycles. The van der Waals surface area contributed by atoms with Crippen LogP contribution < -0.4 is 16.4 Å². The Labute approximate surface area is 131 Å². The first-order valence-electron chi connectivity index (χ1n) is 8.32. The Kier molecular flexibility index (Phi) is 6.20. The van der Waals surface area contributed by atoms with Crippen molar-refractivity contribution in [1.29, 1.82) is 5.26 Å². The minimum absolute atomic E-state index is 0.177. The minimum atomic E-state index is -0.467. The quantitative estimate of drug-likeness (QED) is 0.694. The van der Waals surface area contributed by atoms with Crippen LogP contribution in [0.2, 0.25) is 0 Å². The molecule has 2 amide bonds. The number of amides is 2. The van der Waals surface area contributed by atoms with Crippen LogP contribution in [0.25, 0.3) is 0 Å². The molecule has 0 spiro atoms. The molecule has 2 rings (SSSR count). The first kappa shape index (κ1) is 16.8.